The molecule has 1 N–H and O–H groups in total. The summed E-state index contributed by atoms with van der Waals surface area (Å²) in [5, 5.41) is 10.8. The third-order valence-corrected chi connectivity index (χ3v) is 9.88. The van der Waals surface area contributed by atoms with Crippen molar-refractivity contribution in [2.24, 2.45) is 40.4 Å². The summed E-state index contributed by atoms with van der Waals surface area (Å²) in [6.45, 7) is 9.69. The van der Waals surface area contributed by atoms with Gasteiger partial charge in [0.2, 0.25) is 0 Å². The quantitative estimate of drug-likeness (QED) is 0.638. The molecule has 2 nitrogen and oxygen atoms in total. The molecule has 0 amide bonds. The lowest BCUT2D eigenvalue weighted by atomic mass is 9.42. The first kappa shape index (κ1) is 18.9. The highest BCUT2D eigenvalue weighted by molar-refractivity contribution is 5.72. The third-order valence-electron chi connectivity index (χ3n) is 9.88. The normalized spacial score (nSPS) is 50.3. The molecule has 0 bridgehead atoms. The van der Waals surface area contributed by atoms with E-state index in [0.717, 1.165) is 36.5 Å². The fourth-order valence-electron chi connectivity index (χ4n) is 8.41. The molecule has 1 aromatic heterocycles. The lowest BCUT2D eigenvalue weighted by molar-refractivity contribution is -0.158. The monoisotopic (exact) mass is 379 g/mol. The molecule has 0 aliphatic heterocycles. The van der Waals surface area contributed by atoms with Gasteiger partial charge < -0.3 is 5.11 Å². The van der Waals surface area contributed by atoms with Crippen molar-refractivity contribution < 1.29 is 5.11 Å². The van der Waals surface area contributed by atoms with E-state index in [1.165, 1.54) is 37.7 Å². The van der Waals surface area contributed by atoms with Crippen LogP contribution in [0.15, 0.2) is 30.6 Å². The van der Waals surface area contributed by atoms with E-state index >= 15 is 0 Å². The van der Waals surface area contributed by atoms with Crippen molar-refractivity contribution in [3.05, 3.63) is 36.2 Å². The average Bonchev–Trinajstić information content (AvgIpc) is 3.01. The second-order valence-corrected chi connectivity index (χ2v) is 11.5. The number of pyridine rings is 1. The number of rotatable bonds is 1. The zero-order chi connectivity index (χ0) is 19.7. The minimum absolute atomic E-state index is 0.313. The van der Waals surface area contributed by atoms with E-state index in [-0.39, 0.29) is 0 Å². The molecule has 2 unspecified atom stereocenters. The van der Waals surface area contributed by atoms with Crippen molar-refractivity contribution >= 4 is 5.57 Å². The van der Waals surface area contributed by atoms with Crippen LogP contribution in [0.5, 0.6) is 0 Å². The molecule has 4 aliphatic carbocycles. The van der Waals surface area contributed by atoms with Gasteiger partial charge >= 0.3 is 0 Å². The van der Waals surface area contributed by atoms with Crippen LogP contribution in [0, 0.1) is 40.4 Å². The Balaban J connectivity index is 1.46. The number of allylic oxidation sites excluding steroid dienone is 2. The molecular formula is C26H37NO. The van der Waals surface area contributed by atoms with Crippen LogP contribution >= 0.6 is 0 Å². The first-order valence-corrected chi connectivity index (χ1v) is 11.6. The first-order chi connectivity index (χ1) is 13.2. The van der Waals surface area contributed by atoms with E-state index in [0.29, 0.717) is 16.7 Å². The summed E-state index contributed by atoms with van der Waals surface area (Å²) < 4.78 is 0. The minimum atomic E-state index is -0.448. The standard InChI is InChI=1S/C26H37NO/c1-17-14-19-21-8-7-20(18-6-5-13-27-16-18)25(21,3)10-9-22(19)26(4)12-11-24(2,28)15-23(17)26/h5-7,13,16-17,19,21-23,28H,8-12,14-15H2,1-4H3/t17?,19-,21-,22-,23?,24-,25+,26+/m0/s1. The van der Waals surface area contributed by atoms with Crippen LogP contribution in [0.4, 0.5) is 0 Å². The summed E-state index contributed by atoms with van der Waals surface area (Å²) in [5.41, 5.74) is 3.19. The zero-order valence-corrected chi connectivity index (χ0v) is 18.1. The highest BCUT2D eigenvalue weighted by Gasteiger charge is 2.61. The van der Waals surface area contributed by atoms with Crippen molar-refractivity contribution in [2.75, 3.05) is 0 Å². The SMILES string of the molecule is CC1C[C@@H]2[C@H](CC[C@]3(C)C(c4cccnc4)=CC[C@@H]23)[C@@]2(C)CC[C@](C)(O)CC12. The lowest BCUT2D eigenvalue weighted by Gasteiger charge is -2.63. The summed E-state index contributed by atoms with van der Waals surface area (Å²) in [6, 6.07) is 4.34. The molecule has 1 heterocycles. The Morgan fingerprint density at radius 2 is 1.89 bits per heavy atom. The largest absolute Gasteiger partial charge is 0.390 e. The van der Waals surface area contributed by atoms with Crippen LogP contribution in [-0.2, 0) is 0 Å². The maximum absolute atomic E-state index is 10.8. The maximum atomic E-state index is 10.8. The van der Waals surface area contributed by atoms with Gasteiger partial charge in [0.15, 0.2) is 0 Å². The van der Waals surface area contributed by atoms with Crippen LogP contribution < -0.4 is 0 Å². The molecule has 152 valence electrons. The average molecular weight is 380 g/mol. The van der Waals surface area contributed by atoms with Crippen LogP contribution in [0.2, 0.25) is 0 Å². The highest BCUT2D eigenvalue weighted by Crippen LogP contribution is 2.68. The molecule has 0 aromatic carbocycles. The summed E-state index contributed by atoms with van der Waals surface area (Å²) in [5.74, 6) is 3.87. The molecule has 4 aliphatic rings. The summed E-state index contributed by atoms with van der Waals surface area (Å²) in [7, 11) is 0. The van der Waals surface area contributed by atoms with Crippen molar-refractivity contribution in [1.82, 2.24) is 4.98 Å². The van der Waals surface area contributed by atoms with Gasteiger partial charge in [-0.2, -0.15) is 0 Å². The van der Waals surface area contributed by atoms with Gasteiger partial charge in [-0.05, 0) is 109 Å². The van der Waals surface area contributed by atoms with Gasteiger partial charge in [0.05, 0.1) is 5.60 Å². The maximum Gasteiger partial charge on any atom is 0.0623 e. The van der Waals surface area contributed by atoms with Crippen molar-refractivity contribution in [3.63, 3.8) is 0 Å². The van der Waals surface area contributed by atoms with Crippen molar-refractivity contribution in [3.8, 4) is 0 Å². The Labute approximate surface area is 170 Å². The third kappa shape index (κ3) is 2.59. The highest BCUT2D eigenvalue weighted by atomic mass is 16.3. The minimum Gasteiger partial charge on any atom is -0.390 e. The van der Waals surface area contributed by atoms with Gasteiger partial charge in [0.1, 0.15) is 0 Å². The number of hydrogen-bond acceptors (Lipinski definition) is 2. The molecular weight excluding hydrogens is 342 g/mol. The Hall–Kier alpha value is -1.15. The fraction of sp³-hybridized carbons (Fsp3) is 0.731. The molecule has 28 heavy (non-hydrogen) atoms. The van der Waals surface area contributed by atoms with E-state index in [1.807, 2.05) is 6.20 Å². The number of aromatic nitrogens is 1. The molecule has 0 saturated heterocycles. The Morgan fingerprint density at radius 1 is 1.07 bits per heavy atom. The van der Waals surface area contributed by atoms with Gasteiger partial charge in [0, 0.05) is 12.4 Å². The summed E-state index contributed by atoms with van der Waals surface area (Å²) in [6.07, 6.45) is 15.0. The van der Waals surface area contributed by atoms with Gasteiger partial charge in [-0.25, -0.2) is 0 Å². The van der Waals surface area contributed by atoms with Crippen LogP contribution in [0.1, 0.15) is 78.2 Å². The van der Waals surface area contributed by atoms with Crippen LogP contribution in [0.3, 0.4) is 0 Å². The number of nitrogens with zero attached hydrogens (tertiary/aromatic N) is 1. The van der Waals surface area contributed by atoms with Gasteiger partial charge in [-0.15, -0.1) is 0 Å². The summed E-state index contributed by atoms with van der Waals surface area (Å²) in [4.78, 5) is 4.41. The fourth-order valence-corrected chi connectivity index (χ4v) is 8.41. The molecule has 1 aromatic rings. The number of hydrogen-bond donors (Lipinski definition) is 1. The predicted octanol–water partition coefficient (Wildman–Crippen LogP) is 6.11. The van der Waals surface area contributed by atoms with Crippen molar-refractivity contribution in [2.45, 2.75) is 78.2 Å². The Bertz CT molecular complexity index is 783. The number of fused-ring (bicyclic) bond motifs is 5. The zero-order valence-electron chi connectivity index (χ0n) is 18.1. The molecule has 8 atom stereocenters. The van der Waals surface area contributed by atoms with Gasteiger partial charge in [-0.1, -0.05) is 32.9 Å². The van der Waals surface area contributed by atoms with E-state index in [9.17, 15) is 5.11 Å². The molecule has 3 fully saturated rings. The van der Waals surface area contributed by atoms with Crippen LogP contribution in [0.25, 0.3) is 5.57 Å². The molecule has 2 heteroatoms. The second kappa shape index (κ2) is 6.17. The summed E-state index contributed by atoms with van der Waals surface area (Å²) >= 11 is 0. The smallest absolute Gasteiger partial charge is 0.0623 e. The van der Waals surface area contributed by atoms with E-state index in [4.69, 9.17) is 0 Å². The van der Waals surface area contributed by atoms with Gasteiger partial charge in [0.25, 0.3) is 0 Å². The second-order valence-electron chi connectivity index (χ2n) is 11.5. The molecule has 0 radical (unpaired) electrons. The first-order valence-electron chi connectivity index (χ1n) is 11.6. The van der Waals surface area contributed by atoms with Crippen molar-refractivity contribution in [1.29, 1.82) is 0 Å². The number of aliphatic hydroxyl groups is 1. The van der Waals surface area contributed by atoms with E-state index in [2.05, 4.69) is 57.1 Å². The van der Waals surface area contributed by atoms with E-state index in [1.54, 1.807) is 5.57 Å². The Kier molecular flexibility index (Phi) is 4.16. The molecule has 0 spiro atoms. The lowest BCUT2D eigenvalue weighted by Crippen LogP contribution is -2.57. The van der Waals surface area contributed by atoms with Crippen LogP contribution in [-0.4, -0.2) is 15.7 Å². The van der Waals surface area contributed by atoms with Gasteiger partial charge in [-0.3, -0.25) is 4.98 Å². The predicted molar refractivity (Wildman–Crippen MR) is 114 cm³/mol. The van der Waals surface area contributed by atoms with E-state index < -0.39 is 5.60 Å². The Morgan fingerprint density at radius 3 is 2.64 bits per heavy atom. The molecule has 5 rings (SSSR count). The molecule has 3 saturated carbocycles. The topological polar surface area (TPSA) is 33.1 Å².